The molecule has 2 aromatic carbocycles. The summed E-state index contributed by atoms with van der Waals surface area (Å²) in [5.74, 6) is -0.910. The van der Waals surface area contributed by atoms with E-state index in [9.17, 15) is 14.7 Å². The Morgan fingerprint density at radius 3 is 2.02 bits per heavy atom. The molecule has 0 amide bonds. The van der Waals surface area contributed by atoms with Gasteiger partial charge >= 0.3 is 11.9 Å². The quantitative estimate of drug-likeness (QED) is 0.146. The molecule has 0 saturated heterocycles. The Labute approximate surface area is 358 Å². The van der Waals surface area contributed by atoms with Crippen LogP contribution in [0.25, 0.3) is 0 Å². The predicted octanol–water partition coefficient (Wildman–Crippen LogP) is 6.61. The number of esters is 2. The van der Waals surface area contributed by atoms with Gasteiger partial charge in [-0.3, -0.25) is 0 Å². The summed E-state index contributed by atoms with van der Waals surface area (Å²) < 4.78 is 29.8. The number of aliphatic hydroxyl groups is 1. The van der Waals surface area contributed by atoms with Crippen molar-refractivity contribution in [2.45, 2.75) is 134 Å². The molecule has 4 aliphatic carbocycles. The third-order valence-corrected chi connectivity index (χ3v) is 14.0. The van der Waals surface area contributed by atoms with Gasteiger partial charge in [-0.25, -0.2) is 24.6 Å². The number of hydrogen-bond acceptors (Lipinski definition) is 15. The van der Waals surface area contributed by atoms with E-state index in [1.807, 2.05) is 5.38 Å². The second kappa shape index (κ2) is 15.0. The van der Waals surface area contributed by atoms with E-state index >= 15 is 0 Å². The van der Waals surface area contributed by atoms with Crippen LogP contribution in [-0.2, 0) is 96.7 Å². The number of aliphatic imine (C=N–C) groups is 2. The largest absolute Gasteiger partial charge is 0.463 e. The Hall–Kier alpha value is -5.28. The number of benzene rings is 2. The average molecular weight is 849 g/mol. The zero-order valence-electron chi connectivity index (χ0n) is 35.4. The fourth-order valence-electron chi connectivity index (χ4n) is 9.97. The third kappa shape index (κ3) is 6.78. The molecule has 3 unspecified atom stereocenters. The lowest BCUT2D eigenvalue weighted by molar-refractivity contribution is -0.166. The number of ether oxygens (including phenoxy) is 4. The molecule has 61 heavy (non-hydrogen) atoms. The van der Waals surface area contributed by atoms with Gasteiger partial charge in [0.2, 0.25) is 0 Å². The maximum absolute atomic E-state index is 13.9. The minimum Gasteiger partial charge on any atom is -0.463 e. The number of hydrogen-bond donors (Lipinski definition) is 3. The van der Waals surface area contributed by atoms with Crippen LogP contribution >= 0.6 is 11.3 Å². The number of aromatic nitrogens is 2. The fraction of sp³-hybridized carbons (Fsp3) is 0.522. The van der Waals surface area contributed by atoms with E-state index in [1.54, 1.807) is 34.6 Å². The molecule has 3 N–H and O–H groups in total. The lowest BCUT2D eigenvalue weighted by atomic mass is 9.97. The van der Waals surface area contributed by atoms with Crippen LogP contribution in [0.15, 0.2) is 38.1 Å². The molecule has 0 fully saturated rings. The number of fused-ring (bicyclic) bond motifs is 4. The molecule has 320 valence electrons. The lowest BCUT2D eigenvalue weighted by Gasteiger charge is -2.25. The Morgan fingerprint density at radius 1 is 0.836 bits per heavy atom. The average Bonchev–Trinajstić information content (AvgIpc) is 4.07. The standard InChI is InChI=1S/C46H52N6O8S/c1-6-56-40(53)46(23-48-43(59-46)50-37-30-13-7-10-25(30)16-26-11-8-14-31(26)37)39-49-34(21-61-39)29-18-28-17-27-12-9-15-32(27)38(33(28)19-29)51-42-47-22-45(58-42,41(54)57-24(2)3)35-20-36(60-52-35)44(4,5)55/h16-17,20-21,24,29,55H,6-15,18-19,22-23H2,1-5H3,(H,47,51)(H,48,50). The van der Waals surface area contributed by atoms with Crippen molar-refractivity contribution in [2.24, 2.45) is 9.98 Å². The smallest absolute Gasteiger partial charge is 0.359 e. The summed E-state index contributed by atoms with van der Waals surface area (Å²) in [6.07, 6.45) is 10.4. The molecule has 2 aliphatic heterocycles. The van der Waals surface area contributed by atoms with Crippen molar-refractivity contribution in [3.63, 3.8) is 0 Å². The predicted molar refractivity (Wildman–Crippen MR) is 228 cm³/mol. The van der Waals surface area contributed by atoms with E-state index in [2.05, 4.69) is 27.9 Å². The maximum atomic E-state index is 13.9. The number of carbonyl (C=O) groups excluding carboxylic acids is 2. The van der Waals surface area contributed by atoms with Crippen molar-refractivity contribution in [1.29, 1.82) is 0 Å². The maximum Gasteiger partial charge on any atom is 0.359 e. The first-order valence-electron chi connectivity index (χ1n) is 21.7. The van der Waals surface area contributed by atoms with Gasteiger partial charge in [-0.2, -0.15) is 0 Å². The van der Waals surface area contributed by atoms with Crippen LogP contribution in [-0.4, -0.2) is 65.0 Å². The number of amidine groups is 2. The van der Waals surface area contributed by atoms with E-state index in [0.717, 1.165) is 86.8 Å². The monoisotopic (exact) mass is 848 g/mol. The summed E-state index contributed by atoms with van der Waals surface area (Å²) in [5.41, 5.74) is 8.94. The van der Waals surface area contributed by atoms with Gasteiger partial charge in [-0.05, 0) is 150 Å². The summed E-state index contributed by atoms with van der Waals surface area (Å²) in [4.78, 5) is 42.3. The molecule has 2 aromatic heterocycles. The van der Waals surface area contributed by atoms with E-state index < -0.39 is 34.8 Å². The third-order valence-electron chi connectivity index (χ3n) is 13.0. The summed E-state index contributed by atoms with van der Waals surface area (Å²) in [5, 5.41) is 24.4. The van der Waals surface area contributed by atoms with Crippen molar-refractivity contribution < 1.29 is 38.2 Å². The van der Waals surface area contributed by atoms with E-state index in [-0.39, 0.29) is 43.1 Å². The lowest BCUT2D eigenvalue weighted by Crippen LogP contribution is -2.43. The highest BCUT2D eigenvalue weighted by molar-refractivity contribution is 7.10. The minimum atomic E-state index is -1.70. The number of aryl methyl sites for hydroxylation is 3. The molecule has 14 nitrogen and oxygen atoms in total. The van der Waals surface area contributed by atoms with Crippen molar-refractivity contribution in [2.75, 3.05) is 30.3 Å². The van der Waals surface area contributed by atoms with Crippen LogP contribution in [0.2, 0.25) is 0 Å². The number of thiazole rings is 1. The highest BCUT2D eigenvalue weighted by Gasteiger charge is 2.54. The highest BCUT2D eigenvalue weighted by atomic mass is 32.1. The van der Waals surface area contributed by atoms with Gasteiger partial charge in [0.25, 0.3) is 23.2 Å². The molecule has 0 radical (unpaired) electrons. The van der Waals surface area contributed by atoms with Gasteiger partial charge in [-0.15, -0.1) is 11.3 Å². The van der Waals surface area contributed by atoms with Crippen molar-refractivity contribution >= 4 is 46.7 Å². The summed E-state index contributed by atoms with van der Waals surface area (Å²) in [6.45, 7) is 8.69. The Morgan fingerprint density at radius 2 is 1.43 bits per heavy atom. The number of carbonyl (C=O) groups is 2. The molecule has 4 heterocycles. The van der Waals surface area contributed by atoms with Crippen LogP contribution in [0.4, 0.5) is 11.4 Å². The van der Waals surface area contributed by atoms with Crippen LogP contribution in [0.3, 0.4) is 0 Å². The van der Waals surface area contributed by atoms with Gasteiger partial charge in [0.15, 0.2) is 10.8 Å². The molecule has 6 aliphatic rings. The number of rotatable bonds is 10. The number of anilines is 2. The molecule has 3 atom stereocenters. The Balaban J connectivity index is 0.906. The Bertz CT molecular complexity index is 2480. The van der Waals surface area contributed by atoms with E-state index in [0.29, 0.717) is 17.5 Å². The molecule has 0 spiro atoms. The minimum absolute atomic E-state index is 0.0404. The first kappa shape index (κ1) is 39.8. The second-order valence-electron chi connectivity index (χ2n) is 18.0. The molecular formula is C46H52N6O8S. The number of nitrogens with one attached hydrogen (secondary N) is 2. The van der Waals surface area contributed by atoms with Crippen LogP contribution in [0.5, 0.6) is 0 Å². The van der Waals surface area contributed by atoms with Gasteiger partial charge in [0.05, 0.1) is 18.4 Å². The molecule has 0 bridgehead atoms. The van der Waals surface area contributed by atoms with Gasteiger partial charge in [0, 0.05) is 28.7 Å². The zero-order chi connectivity index (χ0) is 42.3. The summed E-state index contributed by atoms with van der Waals surface area (Å²) in [7, 11) is 0. The topological polar surface area (TPSA) is 179 Å². The van der Waals surface area contributed by atoms with Crippen molar-refractivity contribution in [1.82, 2.24) is 10.1 Å². The van der Waals surface area contributed by atoms with E-state index in [4.69, 9.17) is 38.4 Å². The molecular weight excluding hydrogens is 797 g/mol. The SMILES string of the molecule is CCOC(=O)C1(c2nc(C3Cc4cc5c(c(NC6=NCC(C(=O)OC(C)C)(c7cc(C(C)(C)O)on7)O6)c4C3)CCC5)cs2)CN=C(Nc2c3c(cc4c2CCC4)CCC3)O1. The number of nitrogens with zero attached hydrogens (tertiary/aromatic N) is 4. The van der Waals surface area contributed by atoms with Crippen molar-refractivity contribution in [3.8, 4) is 0 Å². The molecule has 10 rings (SSSR count). The second-order valence-corrected chi connectivity index (χ2v) is 18.8. The van der Waals surface area contributed by atoms with Crippen LogP contribution < -0.4 is 10.6 Å². The van der Waals surface area contributed by atoms with Crippen molar-refractivity contribution in [3.05, 3.63) is 90.2 Å². The molecule has 4 aromatic rings. The van der Waals surface area contributed by atoms with Crippen LogP contribution in [0.1, 0.15) is 126 Å². The van der Waals surface area contributed by atoms with Gasteiger partial charge in [-0.1, -0.05) is 17.3 Å². The zero-order valence-corrected chi connectivity index (χ0v) is 36.2. The highest BCUT2D eigenvalue weighted by Crippen LogP contribution is 2.46. The van der Waals surface area contributed by atoms with Gasteiger partial charge < -0.3 is 39.2 Å². The summed E-state index contributed by atoms with van der Waals surface area (Å²) >= 11 is 1.41. The first-order valence-corrected chi connectivity index (χ1v) is 22.6. The normalized spacial score (nSPS) is 23.5. The fourth-order valence-corrected chi connectivity index (χ4v) is 11.0. The molecule has 0 saturated carbocycles. The van der Waals surface area contributed by atoms with Crippen LogP contribution in [0, 0.1) is 0 Å². The van der Waals surface area contributed by atoms with E-state index in [1.165, 1.54) is 56.3 Å². The molecule has 15 heteroatoms. The Kier molecular flexibility index (Phi) is 9.77. The van der Waals surface area contributed by atoms with Gasteiger partial charge in [0.1, 0.15) is 24.4 Å². The first-order chi connectivity index (χ1) is 29.3. The summed E-state index contributed by atoms with van der Waals surface area (Å²) in [6, 6.07) is 6.76.